The molecule has 1 aliphatic rings. The van der Waals surface area contributed by atoms with E-state index in [9.17, 15) is 19.2 Å². The Kier molecular flexibility index (Phi) is 8.38. The second-order valence-corrected chi connectivity index (χ2v) is 7.10. The molecular formula is C21H27NO9. The van der Waals surface area contributed by atoms with Gasteiger partial charge in [0.2, 0.25) is 12.2 Å². The van der Waals surface area contributed by atoms with Crippen molar-refractivity contribution in [2.45, 2.75) is 65.3 Å². The number of hydrogen-bond acceptors (Lipinski definition) is 9. The number of aryl methyl sites for hydroxylation is 1. The van der Waals surface area contributed by atoms with Gasteiger partial charge in [0.1, 0.15) is 24.5 Å². The number of amides is 1. The van der Waals surface area contributed by atoms with E-state index < -0.39 is 54.5 Å². The van der Waals surface area contributed by atoms with Crippen LogP contribution in [-0.2, 0) is 38.1 Å². The van der Waals surface area contributed by atoms with E-state index in [0.29, 0.717) is 5.75 Å². The standard InChI is InChI=1S/C21H27NO9/c1-11-8-6-7-9-16(11)30-21-18(22-12(2)23)20(29-15(5)26)19(28-14(4)25)17(31-21)10-27-13(3)24/h6-9,17-21H,10H2,1-5H3,(H,22,23)/t17-,18-,19-,20-,21-/m1/s1. The molecule has 1 N–H and O–H groups in total. The fourth-order valence-corrected chi connectivity index (χ4v) is 3.21. The van der Waals surface area contributed by atoms with Crippen LogP contribution in [0.25, 0.3) is 0 Å². The molecule has 10 heteroatoms. The average Bonchev–Trinajstić information content (AvgIpc) is 2.65. The summed E-state index contributed by atoms with van der Waals surface area (Å²) in [6, 6.07) is 6.12. The van der Waals surface area contributed by atoms with Gasteiger partial charge in [-0.1, -0.05) is 18.2 Å². The van der Waals surface area contributed by atoms with E-state index >= 15 is 0 Å². The van der Waals surface area contributed by atoms with Gasteiger partial charge in [-0.3, -0.25) is 19.2 Å². The first-order chi connectivity index (χ1) is 14.6. The van der Waals surface area contributed by atoms with E-state index in [2.05, 4.69) is 5.32 Å². The number of benzene rings is 1. The molecule has 10 nitrogen and oxygen atoms in total. The van der Waals surface area contributed by atoms with Gasteiger partial charge in [0.15, 0.2) is 12.2 Å². The number of carbonyl (C=O) groups is 4. The van der Waals surface area contributed by atoms with Crippen LogP contribution in [0.3, 0.4) is 0 Å². The van der Waals surface area contributed by atoms with Crippen LogP contribution in [-0.4, -0.2) is 61.1 Å². The predicted molar refractivity (Wildman–Crippen MR) is 106 cm³/mol. The van der Waals surface area contributed by atoms with Crippen molar-refractivity contribution in [2.24, 2.45) is 0 Å². The lowest BCUT2D eigenvalue weighted by Crippen LogP contribution is -2.67. The van der Waals surface area contributed by atoms with E-state index in [1.807, 2.05) is 19.1 Å². The summed E-state index contributed by atoms with van der Waals surface area (Å²) >= 11 is 0. The third-order valence-corrected chi connectivity index (χ3v) is 4.41. The summed E-state index contributed by atoms with van der Waals surface area (Å²) in [5.41, 5.74) is 0.801. The summed E-state index contributed by atoms with van der Waals surface area (Å²) in [5, 5.41) is 2.65. The maximum atomic E-state index is 11.9. The summed E-state index contributed by atoms with van der Waals surface area (Å²) in [6.07, 6.45) is -4.47. The molecule has 5 atom stereocenters. The molecule has 1 aromatic rings. The number of ether oxygens (including phenoxy) is 5. The largest absolute Gasteiger partial charge is 0.463 e. The molecule has 0 saturated carbocycles. The van der Waals surface area contributed by atoms with Gasteiger partial charge < -0.3 is 29.0 Å². The molecule has 0 aliphatic carbocycles. The molecule has 1 aromatic carbocycles. The monoisotopic (exact) mass is 437 g/mol. The molecule has 0 bridgehead atoms. The zero-order valence-electron chi connectivity index (χ0n) is 18.1. The molecule has 31 heavy (non-hydrogen) atoms. The molecule has 170 valence electrons. The van der Waals surface area contributed by atoms with Crippen molar-refractivity contribution in [1.82, 2.24) is 5.32 Å². The fraction of sp³-hybridized carbons (Fsp3) is 0.524. The Morgan fingerprint density at radius 1 is 0.935 bits per heavy atom. The van der Waals surface area contributed by atoms with E-state index in [4.69, 9.17) is 23.7 Å². The third-order valence-electron chi connectivity index (χ3n) is 4.41. The van der Waals surface area contributed by atoms with Gasteiger partial charge in [0.05, 0.1) is 0 Å². The highest BCUT2D eigenvalue weighted by Crippen LogP contribution is 2.30. The Morgan fingerprint density at radius 2 is 1.55 bits per heavy atom. The van der Waals surface area contributed by atoms with Crippen molar-refractivity contribution in [3.8, 4) is 5.75 Å². The van der Waals surface area contributed by atoms with Crippen LogP contribution in [0, 0.1) is 6.92 Å². The second-order valence-electron chi connectivity index (χ2n) is 7.10. The van der Waals surface area contributed by atoms with Gasteiger partial charge in [-0.25, -0.2) is 0 Å². The van der Waals surface area contributed by atoms with Crippen LogP contribution in [0.4, 0.5) is 0 Å². The molecule has 1 heterocycles. The zero-order valence-corrected chi connectivity index (χ0v) is 18.1. The SMILES string of the molecule is CC(=O)N[C@H]1[C@H](Oc2ccccc2C)O[C@H](COC(C)=O)[C@@H](OC(C)=O)[C@@H]1OC(C)=O. The van der Waals surface area contributed by atoms with Crippen LogP contribution in [0.15, 0.2) is 24.3 Å². The van der Waals surface area contributed by atoms with Gasteiger partial charge in [-0.2, -0.15) is 0 Å². The summed E-state index contributed by atoms with van der Waals surface area (Å²) in [7, 11) is 0. The van der Waals surface area contributed by atoms with Crippen molar-refractivity contribution in [3.63, 3.8) is 0 Å². The van der Waals surface area contributed by atoms with Crippen molar-refractivity contribution < 1.29 is 42.9 Å². The van der Waals surface area contributed by atoms with Gasteiger partial charge >= 0.3 is 17.9 Å². The topological polar surface area (TPSA) is 126 Å². The lowest BCUT2D eigenvalue weighted by Gasteiger charge is -2.44. The Balaban J connectivity index is 2.46. The number of esters is 3. The van der Waals surface area contributed by atoms with Gasteiger partial charge in [0.25, 0.3) is 0 Å². The van der Waals surface area contributed by atoms with E-state index in [0.717, 1.165) is 5.56 Å². The van der Waals surface area contributed by atoms with Crippen LogP contribution >= 0.6 is 0 Å². The highest BCUT2D eigenvalue weighted by molar-refractivity contribution is 5.73. The highest BCUT2D eigenvalue weighted by Gasteiger charge is 2.52. The van der Waals surface area contributed by atoms with E-state index in [1.165, 1.54) is 27.7 Å². The van der Waals surface area contributed by atoms with Gasteiger partial charge in [0, 0.05) is 27.7 Å². The average molecular weight is 437 g/mol. The first kappa shape index (κ1) is 24.1. The molecule has 1 fully saturated rings. The van der Waals surface area contributed by atoms with Crippen molar-refractivity contribution in [3.05, 3.63) is 29.8 Å². The first-order valence-electron chi connectivity index (χ1n) is 9.71. The maximum absolute atomic E-state index is 11.9. The first-order valence-corrected chi connectivity index (χ1v) is 9.71. The number of carbonyl (C=O) groups excluding carboxylic acids is 4. The van der Waals surface area contributed by atoms with Crippen LogP contribution in [0.2, 0.25) is 0 Å². The summed E-state index contributed by atoms with van der Waals surface area (Å²) in [6.45, 7) is 6.40. The Labute approximate surface area is 180 Å². The normalized spacial score (nSPS) is 25.1. The highest BCUT2D eigenvalue weighted by atomic mass is 16.7. The van der Waals surface area contributed by atoms with Crippen molar-refractivity contribution >= 4 is 23.8 Å². The minimum absolute atomic E-state index is 0.286. The van der Waals surface area contributed by atoms with Gasteiger partial charge in [-0.05, 0) is 18.6 Å². The second kappa shape index (κ2) is 10.8. The quantitative estimate of drug-likeness (QED) is 0.491. The van der Waals surface area contributed by atoms with Crippen LogP contribution < -0.4 is 10.1 Å². The molecule has 1 saturated heterocycles. The fourth-order valence-electron chi connectivity index (χ4n) is 3.21. The molecule has 1 amide bonds. The maximum Gasteiger partial charge on any atom is 0.303 e. The smallest absolute Gasteiger partial charge is 0.303 e. The zero-order chi connectivity index (χ0) is 23.1. The summed E-state index contributed by atoms with van der Waals surface area (Å²) < 4.78 is 27.8. The lowest BCUT2D eigenvalue weighted by atomic mass is 9.96. The Hall–Kier alpha value is -3.14. The molecule has 0 aromatic heterocycles. The molecular weight excluding hydrogens is 410 g/mol. The Morgan fingerprint density at radius 3 is 2.10 bits per heavy atom. The number of para-hydroxylation sites is 1. The minimum atomic E-state index is -1.16. The number of hydrogen-bond donors (Lipinski definition) is 1. The molecule has 0 unspecified atom stereocenters. The van der Waals surface area contributed by atoms with Gasteiger partial charge in [-0.15, -0.1) is 0 Å². The van der Waals surface area contributed by atoms with Crippen LogP contribution in [0.5, 0.6) is 5.75 Å². The molecule has 1 aliphatic heterocycles. The van der Waals surface area contributed by atoms with E-state index in [1.54, 1.807) is 12.1 Å². The number of rotatable bonds is 7. The van der Waals surface area contributed by atoms with E-state index in [-0.39, 0.29) is 6.61 Å². The van der Waals surface area contributed by atoms with Crippen molar-refractivity contribution in [2.75, 3.05) is 6.61 Å². The van der Waals surface area contributed by atoms with Crippen LogP contribution in [0.1, 0.15) is 33.3 Å². The lowest BCUT2D eigenvalue weighted by molar-refractivity contribution is -0.257. The minimum Gasteiger partial charge on any atom is -0.463 e. The predicted octanol–water partition coefficient (Wildman–Crippen LogP) is 1.03. The summed E-state index contributed by atoms with van der Waals surface area (Å²) in [4.78, 5) is 46.8. The molecule has 2 rings (SSSR count). The molecule has 0 radical (unpaired) electrons. The Bertz CT molecular complexity index is 825. The summed E-state index contributed by atoms with van der Waals surface area (Å²) in [5.74, 6) is -1.88. The van der Waals surface area contributed by atoms with Crippen molar-refractivity contribution in [1.29, 1.82) is 0 Å². The molecule has 0 spiro atoms. The number of nitrogens with one attached hydrogen (secondary N) is 1. The third kappa shape index (κ3) is 6.95.